The van der Waals surface area contributed by atoms with Gasteiger partial charge in [-0.3, -0.25) is 4.79 Å². The van der Waals surface area contributed by atoms with Crippen molar-refractivity contribution in [1.82, 2.24) is 4.90 Å². The molecule has 9 heteroatoms. The van der Waals surface area contributed by atoms with E-state index in [1.807, 2.05) is 0 Å². The molecule has 1 aliphatic heterocycles. The Kier molecular flexibility index (Phi) is 4.19. The monoisotopic (exact) mass is 369 g/mol. The molecule has 1 aromatic carbocycles. The number of carbonyl (C=O) groups excluding carboxylic acids is 1. The van der Waals surface area contributed by atoms with Crippen LogP contribution in [0.4, 0.5) is 26.3 Å². The summed E-state index contributed by atoms with van der Waals surface area (Å²) in [6.45, 7) is 4.47. The second-order valence-electron chi connectivity index (χ2n) is 7.17. The Balaban J connectivity index is 2.68. The van der Waals surface area contributed by atoms with Crippen LogP contribution in [0.5, 0.6) is 0 Å². The Morgan fingerprint density at radius 2 is 1.36 bits per heavy atom. The average molecular weight is 369 g/mol. The molecular formula is C16H17F6NO2. The van der Waals surface area contributed by atoms with E-state index < -0.39 is 52.0 Å². The smallest absolute Gasteiger partial charge is 0.377 e. The van der Waals surface area contributed by atoms with Gasteiger partial charge < -0.3 is 10.0 Å². The Morgan fingerprint density at radius 3 is 1.68 bits per heavy atom. The highest BCUT2D eigenvalue weighted by Crippen LogP contribution is 2.52. The molecule has 1 aliphatic rings. The van der Waals surface area contributed by atoms with Gasteiger partial charge in [0.1, 0.15) is 0 Å². The van der Waals surface area contributed by atoms with Crippen molar-refractivity contribution in [3.05, 3.63) is 34.9 Å². The van der Waals surface area contributed by atoms with Crippen molar-refractivity contribution in [3.8, 4) is 0 Å². The van der Waals surface area contributed by atoms with Crippen molar-refractivity contribution in [2.45, 2.75) is 44.8 Å². The molecule has 2 unspecified atom stereocenters. The third-order valence-corrected chi connectivity index (χ3v) is 4.50. The SMILES string of the molecule is CN1C(=O)C(O)(C(C)(C)C)C1c1cc(C(F)(F)F)cc(C(F)(F)F)c1. The Hall–Kier alpha value is -1.77. The molecule has 0 bridgehead atoms. The van der Waals surface area contributed by atoms with Gasteiger partial charge in [-0.2, -0.15) is 26.3 Å². The first-order chi connectivity index (χ1) is 11.0. The lowest BCUT2D eigenvalue weighted by Crippen LogP contribution is -2.72. The van der Waals surface area contributed by atoms with Gasteiger partial charge in [-0.1, -0.05) is 20.8 Å². The minimum Gasteiger partial charge on any atom is -0.377 e. The molecule has 1 fully saturated rings. The van der Waals surface area contributed by atoms with Crippen LogP contribution in [0.1, 0.15) is 43.5 Å². The van der Waals surface area contributed by atoms with Crippen LogP contribution in [-0.4, -0.2) is 28.6 Å². The summed E-state index contributed by atoms with van der Waals surface area (Å²) >= 11 is 0. The fraction of sp³-hybridized carbons (Fsp3) is 0.562. The van der Waals surface area contributed by atoms with E-state index in [0.29, 0.717) is 12.1 Å². The third kappa shape index (κ3) is 2.98. The van der Waals surface area contributed by atoms with Crippen LogP contribution in [0.25, 0.3) is 0 Å². The lowest BCUT2D eigenvalue weighted by atomic mass is 9.63. The number of hydrogen-bond acceptors (Lipinski definition) is 2. The third-order valence-electron chi connectivity index (χ3n) is 4.50. The highest BCUT2D eigenvalue weighted by atomic mass is 19.4. The molecule has 0 saturated carbocycles. The Labute approximate surface area is 140 Å². The number of amides is 1. The fourth-order valence-corrected chi connectivity index (χ4v) is 3.05. The summed E-state index contributed by atoms with van der Waals surface area (Å²) in [6, 6.07) is -0.220. The molecular weight excluding hydrogens is 352 g/mol. The van der Waals surface area contributed by atoms with E-state index in [4.69, 9.17) is 0 Å². The molecule has 1 saturated heterocycles. The normalized spacial score (nSPS) is 25.2. The predicted molar refractivity (Wildman–Crippen MR) is 76.4 cm³/mol. The van der Waals surface area contributed by atoms with Gasteiger partial charge in [-0.15, -0.1) is 0 Å². The van der Waals surface area contributed by atoms with Crippen LogP contribution >= 0.6 is 0 Å². The van der Waals surface area contributed by atoms with Gasteiger partial charge in [0.15, 0.2) is 5.60 Å². The molecule has 25 heavy (non-hydrogen) atoms. The van der Waals surface area contributed by atoms with E-state index in [1.54, 1.807) is 0 Å². The van der Waals surface area contributed by atoms with E-state index >= 15 is 0 Å². The molecule has 0 aromatic heterocycles. The maximum absolute atomic E-state index is 13.0. The van der Waals surface area contributed by atoms with Crippen LogP contribution < -0.4 is 0 Å². The number of carbonyl (C=O) groups is 1. The van der Waals surface area contributed by atoms with Crippen molar-refractivity contribution in [2.24, 2.45) is 5.41 Å². The summed E-state index contributed by atoms with van der Waals surface area (Å²) in [7, 11) is 1.22. The van der Waals surface area contributed by atoms with Gasteiger partial charge in [0, 0.05) is 12.5 Å². The number of hydrogen-bond donors (Lipinski definition) is 1. The first-order valence-electron chi connectivity index (χ1n) is 7.30. The second kappa shape index (κ2) is 5.36. The number of likely N-dealkylation sites (N-methyl/N-ethyl adjacent to an activating group) is 1. The van der Waals surface area contributed by atoms with Crippen molar-refractivity contribution < 1.29 is 36.2 Å². The van der Waals surface area contributed by atoms with Crippen LogP contribution in [-0.2, 0) is 17.1 Å². The number of likely N-dealkylation sites (tertiary alicyclic amines) is 1. The highest BCUT2D eigenvalue weighted by Gasteiger charge is 2.65. The molecule has 1 aromatic rings. The van der Waals surface area contributed by atoms with Crippen LogP contribution in [0.15, 0.2) is 18.2 Å². The quantitative estimate of drug-likeness (QED) is 0.600. The van der Waals surface area contributed by atoms with Gasteiger partial charge in [-0.05, 0) is 23.8 Å². The average Bonchev–Trinajstić information content (AvgIpc) is 2.43. The second-order valence-corrected chi connectivity index (χ2v) is 7.17. The Morgan fingerprint density at radius 1 is 0.960 bits per heavy atom. The molecule has 140 valence electrons. The van der Waals surface area contributed by atoms with Crippen molar-refractivity contribution in [2.75, 3.05) is 7.05 Å². The molecule has 1 amide bonds. The van der Waals surface area contributed by atoms with Crippen molar-refractivity contribution >= 4 is 5.91 Å². The number of nitrogens with zero attached hydrogens (tertiary/aromatic N) is 1. The number of aliphatic hydroxyl groups is 1. The first-order valence-corrected chi connectivity index (χ1v) is 7.30. The van der Waals surface area contributed by atoms with Gasteiger partial charge in [-0.25, -0.2) is 0 Å². The molecule has 1 heterocycles. The lowest BCUT2D eigenvalue weighted by molar-refractivity contribution is -0.212. The summed E-state index contributed by atoms with van der Waals surface area (Å²) in [4.78, 5) is 13.1. The Bertz CT molecular complexity index is 672. The molecule has 2 rings (SSSR count). The molecule has 0 spiro atoms. The molecule has 1 N–H and O–H groups in total. The summed E-state index contributed by atoms with van der Waals surface area (Å²) in [6.07, 6.45) is -10.00. The largest absolute Gasteiger partial charge is 0.416 e. The van der Waals surface area contributed by atoms with E-state index in [0.717, 1.165) is 4.90 Å². The number of benzene rings is 1. The zero-order chi connectivity index (χ0) is 19.6. The lowest BCUT2D eigenvalue weighted by Gasteiger charge is -2.57. The standard InChI is InChI=1S/C16H17F6NO2/c1-13(2,3)14(25)11(23(4)12(14)24)8-5-9(15(17,18)19)7-10(6-8)16(20,21)22/h5-7,11,25H,1-4H3. The molecule has 0 aliphatic carbocycles. The van der Waals surface area contributed by atoms with Crippen LogP contribution in [0, 0.1) is 5.41 Å². The topological polar surface area (TPSA) is 40.5 Å². The van der Waals surface area contributed by atoms with E-state index in [1.165, 1.54) is 27.8 Å². The van der Waals surface area contributed by atoms with Crippen LogP contribution in [0.2, 0.25) is 0 Å². The fourth-order valence-electron chi connectivity index (χ4n) is 3.05. The number of rotatable bonds is 1. The van der Waals surface area contributed by atoms with Crippen LogP contribution in [0.3, 0.4) is 0 Å². The highest BCUT2D eigenvalue weighted by molar-refractivity contribution is 5.94. The predicted octanol–water partition coefficient (Wildman–Crippen LogP) is 4.01. The van der Waals surface area contributed by atoms with Gasteiger partial charge in [0.25, 0.3) is 5.91 Å². The zero-order valence-electron chi connectivity index (χ0n) is 13.9. The number of alkyl halides is 6. The minimum atomic E-state index is -5.00. The van der Waals surface area contributed by atoms with E-state index in [9.17, 15) is 36.2 Å². The van der Waals surface area contributed by atoms with Gasteiger partial charge in [0.2, 0.25) is 0 Å². The zero-order valence-corrected chi connectivity index (χ0v) is 13.9. The minimum absolute atomic E-state index is 0.0140. The molecule has 3 nitrogen and oxygen atoms in total. The summed E-state index contributed by atoms with van der Waals surface area (Å²) in [5.74, 6) is -0.754. The molecule has 0 radical (unpaired) electrons. The number of β-lactam (4-membered cyclic amide) rings is 1. The summed E-state index contributed by atoms with van der Waals surface area (Å²) in [5, 5.41) is 10.7. The van der Waals surface area contributed by atoms with Crippen molar-refractivity contribution in [1.29, 1.82) is 0 Å². The van der Waals surface area contributed by atoms with Crippen molar-refractivity contribution in [3.63, 3.8) is 0 Å². The van der Waals surface area contributed by atoms with E-state index in [-0.39, 0.29) is 6.07 Å². The summed E-state index contributed by atoms with van der Waals surface area (Å²) < 4.78 is 78.1. The maximum atomic E-state index is 13.0. The first kappa shape index (κ1) is 19.6. The number of halogens is 6. The summed E-state index contributed by atoms with van der Waals surface area (Å²) in [5.41, 5.74) is -6.58. The maximum Gasteiger partial charge on any atom is 0.416 e. The van der Waals surface area contributed by atoms with E-state index in [2.05, 4.69) is 0 Å². The molecule has 2 atom stereocenters. The van der Waals surface area contributed by atoms with Gasteiger partial charge >= 0.3 is 12.4 Å². The van der Waals surface area contributed by atoms with Gasteiger partial charge in [0.05, 0.1) is 17.2 Å².